The molecule has 1 aliphatic carbocycles. The van der Waals surface area contributed by atoms with Crippen LogP contribution in [-0.2, 0) is 0 Å². The van der Waals surface area contributed by atoms with Gasteiger partial charge in [-0.1, -0.05) is 30.9 Å². The highest BCUT2D eigenvalue weighted by Gasteiger charge is 2.19. The van der Waals surface area contributed by atoms with E-state index in [4.69, 9.17) is 11.6 Å². The zero-order valence-electron chi connectivity index (χ0n) is 9.47. The third-order valence-electron chi connectivity index (χ3n) is 3.24. The first-order chi connectivity index (χ1) is 7.65. The minimum absolute atomic E-state index is 0.181. The van der Waals surface area contributed by atoms with E-state index >= 15 is 0 Å². The Balaban J connectivity index is 1.89. The molecule has 88 valence electrons. The van der Waals surface area contributed by atoms with Crippen LogP contribution in [0.15, 0.2) is 18.2 Å². The SMILES string of the molecule is CC(CC1CCC1)Nc1ccc(F)c(Cl)c1. The van der Waals surface area contributed by atoms with E-state index in [1.807, 2.05) is 0 Å². The third kappa shape index (κ3) is 2.88. The summed E-state index contributed by atoms with van der Waals surface area (Å²) >= 11 is 5.73. The van der Waals surface area contributed by atoms with Crippen LogP contribution in [0.1, 0.15) is 32.6 Å². The quantitative estimate of drug-likeness (QED) is 0.820. The Morgan fingerprint density at radius 2 is 2.25 bits per heavy atom. The number of anilines is 1. The van der Waals surface area contributed by atoms with Crippen molar-refractivity contribution in [2.75, 3.05) is 5.32 Å². The van der Waals surface area contributed by atoms with Crippen LogP contribution in [-0.4, -0.2) is 6.04 Å². The Morgan fingerprint density at radius 1 is 1.50 bits per heavy atom. The minimum Gasteiger partial charge on any atom is -0.383 e. The topological polar surface area (TPSA) is 12.0 Å². The second-order valence-electron chi connectivity index (χ2n) is 4.71. The van der Waals surface area contributed by atoms with E-state index < -0.39 is 0 Å². The van der Waals surface area contributed by atoms with Gasteiger partial charge in [0.25, 0.3) is 0 Å². The largest absolute Gasteiger partial charge is 0.383 e. The van der Waals surface area contributed by atoms with Crippen molar-refractivity contribution in [3.63, 3.8) is 0 Å². The van der Waals surface area contributed by atoms with Gasteiger partial charge in [-0.25, -0.2) is 4.39 Å². The predicted octanol–water partition coefficient (Wildman–Crippen LogP) is 4.47. The molecular formula is C13H17ClFN. The Morgan fingerprint density at radius 3 is 2.81 bits per heavy atom. The van der Waals surface area contributed by atoms with Gasteiger partial charge in [-0.3, -0.25) is 0 Å². The van der Waals surface area contributed by atoms with Gasteiger partial charge in [0.05, 0.1) is 5.02 Å². The molecule has 0 spiro atoms. The van der Waals surface area contributed by atoms with Crippen LogP contribution < -0.4 is 5.32 Å². The van der Waals surface area contributed by atoms with Crippen LogP contribution in [0.25, 0.3) is 0 Å². The molecule has 1 aromatic rings. The van der Waals surface area contributed by atoms with Crippen molar-refractivity contribution in [2.45, 2.75) is 38.6 Å². The lowest BCUT2D eigenvalue weighted by Crippen LogP contribution is -2.23. The monoisotopic (exact) mass is 241 g/mol. The van der Waals surface area contributed by atoms with Crippen molar-refractivity contribution in [1.29, 1.82) is 0 Å². The van der Waals surface area contributed by atoms with Crippen molar-refractivity contribution < 1.29 is 4.39 Å². The van der Waals surface area contributed by atoms with Gasteiger partial charge in [-0.2, -0.15) is 0 Å². The molecule has 1 aromatic carbocycles. The number of hydrogen-bond acceptors (Lipinski definition) is 1. The summed E-state index contributed by atoms with van der Waals surface area (Å²) in [4.78, 5) is 0. The van der Waals surface area contributed by atoms with Gasteiger partial charge in [0.2, 0.25) is 0 Å². The molecule has 2 rings (SSSR count). The molecule has 0 radical (unpaired) electrons. The lowest BCUT2D eigenvalue weighted by atomic mass is 9.81. The average Bonchev–Trinajstić information content (AvgIpc) is 2.18. The first kappa shape index (κ1) is 11.7. The maximum atomic E-state index is 13.0. The summed E-state index contributed by atoms with van der Waals surface area (Å²) in [7, 11) is 0. The third-order valence-corrected chi connectivity index (χ3v) is 3.53. The van der Waals surface area contributed by atoms with E-state index in [9.17, 15) is 4.39 Å². The van der Waals surface area contributed by atoms with Crippen molar-refractivity contribution in [3.8, 4) is 0 Å². The van der Waals surface area contributed by atoms with Gasteiger partial charge in [0.15, 0.2) is 0 Å². The van der Waals surface area contributed by atoms with Crippen LogP contribution >= 0.6 is 11.6 Å². The fraction of sp³-hybridized carbons (Fsp3) is 0.538. The van der Waals surface area contributed by atoms with Crippen molar-refractivity contribution in [3.05, 3.63) is 29.0 Å². The number of halogens is 2. The lowest BCUT2D eigenvalue weighted by Gasteiger charge is -2.28. The average molecular weight is 242 g/mol. The molecule has 1 aliphatic rings. The zero-order valence-corrected chi connectivity index (χ0v) is 10.2. The number of benzene rings is 1. The van der Waals surface area contributed by atoms with E-state index in [-0.39, 0.29) is 10.8 Å². The molecule has 1 atom stereocenters. The molecule has 1 fully saturated rings. The minimum atomic E-state index is -0.362. The highest BCUT2D eigenvalue weighted by Crippen LogP contribution is 2.31. The van der Waals surface area contributed by atoms with Gasteiger partial charge in [0, 0.05) is 11.7 Å². The summed E-state index contributed by atoms with van der Waals surface area (Å²) in [5, 5.41) is 3.54. The summed E-state index contributed by atoms with van der Waals surface area (Å²) < 4.78 is 13.0. The molecule has 0 saturated heterocycles. The standard InChI is InChI=1S/C13H17ClFN/c1-9(7-10-3-2-4-10)16-11-5-6-13(15)12(14)8-11/h5-6,8-10,16H,2-4,7H2,1H3. The molecule has 16 heavy (non-hydrogen) atoms. The van der Waals surface area contributed by atoms with Gasteiger partial charge in [-0.05, 0) is 37.5 Å². The molecule has 1 nitrogen and oxygen atoms in total. The lowest BCUT2D eigenvalue weighted by molar-refractivity contribution is 0.286. The zero-order chi connectivity index (χ0) is 11.5. The van der Waals surface area contributed by atoms with Crippen molar-refractivity contribution in [1.82, 2.24) is 0 Å². The van der Waals surface area contributed by atoms with Crippen molar-refractivity contribution in [2.24, 2.45) is 5.92 Å². The molecule has 1 N–H and O–H groups in total. The predicted molar refractivity (Wildman–Crippen MR) is 66.5 cm³/mol. The van der Waals surface area contributed by atoms with E-state index in [2.05, 4.69) is 12.2 Å². The first-order valence-electron chi connectivity index (χ1n) is 5.87. The highest BCUT2D eigenvalue weighted by molar-refractivity contribution is 6.31. The maximum Gasteiger partial charge on any atom is 0.141 e. The summed E-state index contributed by atoms with van der Waals surface area (Å²) in [5.41, 5.74) is 0.901. The number of hydrogen-bond donors (Lipinski definition) is 1. The summed E-state index contributed by atoms with van der Waals surface area (Å²) in [6.07, 6.45) is 5.28. The molecule has 1 saturated carbocycles. The van der Waals surface area contributed by atoms with E-state index in [0.29, 0.717) is 6.04 Å². The van der Waals surface area contributed by atoms with Crippen molar-refractivity contribution >= 4 is 17.3 Å². The van der Waals surface area contributed by atoms with E-state index in [0.717, 1.165) is 11.6 Å². The molecular weight excluding hydrogens is 225 g/mol. The molecule has 0 amide bonds. The molecule has 0 heterocycles. The van der Waals surface area contributed by atoms with Crippen LogP contribution in [0.3, 0.4) is 0 Å². The van der Waals surface area contributed by atoms with E-state index in [1.54, 1.807) is 12.1 Å². The van der Waals surface area contributed by atoms with Gasteiger partial charge < -0.3 is 5.32 Å². The van der Waals surface area contributed by atoms with Crippen LogP contribution in [0.5, 0.6) is 0 Å². The molecule has 0 bridgehead atoms. The Hall–Kier alpha value is -0.760. The van der Waals surface area contributed by atoms with Crippen LogP contribution in [0.4, 0.5) is 10.1 Å². The first-order valence-corrected chi connectivity index (χ1v) is 6.24. The molecule has 3 heteroatoms. The second-order valence-corrected chi connectivity index (χ2v) is 5.11. The highest BCUT2D eigenvalue weighted by atomic mass is 35.5. The fourth-order valence-corrected chi connectivity index (χ4v) is 2.34. The second kappa shape index (κ2) is 5.05. The van der Waals surface area contributed by atoms with Gasteiger partial charge in [-0.15, -0.1) is 0 Å². The molecule has 0 aliphatic heterocycles. The summed E-state index contributed by atoms with van der Waals surface area (Å²) in [6, 6.07) is 5.21. The Labute approximate surface area is 101 Å². The van der Waals surface area contributed by atoms with Gasteiger partial charge >= 0.3 is 0 Å². The number of nitrogens with one attached hydrogen (secondary N) is 1. The van der Waals surface area contributed by atoms with E-state index in [1.165, 1.54) is 31.7 Å². The van der Waals surface area contributed by atoms with Gasteiger partial charge in [0.1, 0.15) is 5.82 Å². The van der Waals surface area contributed by atoms with Crippen LogP contribution in [0, 0.1) is 11.7 Å². The summed E-state index contributed by atoms with van der Waals surface area (Å²) in [6.45, 7) is 2.16. The maximum absolute atomic E-state index is 13.0. The summed E-state index contributed by atoms with van der Waals surface area (Å²) in [5.74, 6) is 0.511. The fourth-order valence-electron chi connectivity index (χ4n) is 2.16. The molecule has 1 unspecified atom stereocenters. The Bertz CT molecular complexity index is 363. The normalized spacial score (nSPS) is 17.9. The Kier molecular flexibility index (Phi) is 3.70. The van der Waals surface area contributed by atoms with Crippen LogP contribution in [0.2, 0.25) is 5.02 Å². The number of rotatable bonds is 4. The smallest absolute Gasteiger partial charge is 0.141 e. The molecule has 0 aromatic heterocycles.